The number of aromatic hydroxyl groups is 1. The quantitative estimate of drug-likeness (QED) is 0.881. The zero-order valence-electron chi connectivity index (χ0n) is 12.2. The maximum Gasteiger partial charge on any atom is 0.120 e. The summed E-state index contributed by atoms with van der Waals surface area (Å²) in [6, 6.07) is 3.94. The number of nitrogens with zero attached hydrogens (tertiary/aromatic N) is 1. The fourth-order valence-corrected chi connectivity index (χ4v) is 2.82. The van der Waals surface area contributed by atoms with Crippen LogP contribution in [-0.2, 0) is 6.54 Å². The second-order valence-electron chi connectivity index (χ2n) is 5.92. The number of hydrogen-bond acceptors (Lipinski definition) is 3. The zero-order chi connectivity index (χ0) is 14.0. The predicted molar refractivity (Wildman–Crippen MR) is 77.3 cm³/mol. The smallest absolute Gasteiger partial charge is 0.120 e. The van der Waals surface area contributed by atoms with E-state index in [9.17, 15) is 10.2 Å². The lowest BCUT2D eigenvalue weighted by Gasteiger charge is -2.33. The molecule has 2 rings (SSSR count). The van der Waals surface area contributed by atoms with Crippen LogP contribution in [0.5, 0.6) is 5.75 Å². The summed E-state index contributed by atoms with van der Waals surface area (Å²) in [5, 5.41) is 19.6. The molecule has 1 aromatic rings. The van der Waals surface area contributed by atoms with Crippen LogP contribution in [-0.4, -0.2) is 34.3 Å². The number of aliphatic hydroxyl groups is 1. The van der Waals surface area contributed by atoms with Crippen molar-refractivity contribution < 1.29 is 10.2 Å². The Kier molecular flexibility index (Phi) is 4.48. The van der Waals surface area contributed by atoms with Gasteiger partial charge in [-0.05, 0) is 69.8 Å². The number of likely N-dealkylation sites (tertiary alicyclic amines) is 1. The Morgan fingerprint density at radius 3 is 2.37 bits per heavy atom. The summed E-state index contributed by atoms with van der Waals surface area (Å²) < 4.78 is 0. The van der Waals surface area contributed by atoms with Crippen molar-refractivity contribution in [1.82, 2.24) is 4.90 Å². The number of rotatable bonds is 3. The number of aliphatic hydroxyl groups excluding tert-OH is 1. The number of phenolic OH excluding ortho intramolecular Hbond substituents is 1. The van der Waals surface area contributed by atoms with E-state index < -0.39 is 0 Å². The Morgan fingerprint density at radius 1 is 1.21 bits per heavy atom. The molecule has 0 amide bonds. The predicted octanol–water partition coefficient (Wildman–Crippen LogP) is 2.60. The summed E-state index contributed by atoms with van der Waals surface area (Å²) in [4.78, 5) is 2.36. The summed E-state index contributed by atoms with van der Waals surface area (Å²) in [6.45, 7) is 8.80. The fraction of sp³-hybridized carbons (Fsp3) is 0.625. The highest BCUT2D eigenvalue weighted by Gasteiger charge is 2.23. The molecular weight excluding hydrogens is 238 g/mol. The topological polar surface area (TPSA) is 43.7 Å². The standard InChI is InChI=1S/C16H25NO2/c1-11-8-15(16(19)9-12(11)2)10-17-6-4-14(5-7-17)13(3)18/h8-9,13-14,18-19H,4-7,10H2,1-3H3/t13-/m0/s1. The van der Waals surface area contributed by atoms with E-state index in [1.165, 1.54) is 5.56 Å². The van der Waals surface area contributed by atoms with E-state index in [1.807, 2.05) is 19.9 Å². The molecule has 1 aliphatic heterocycles. The first-order chi connectivity index (χ1) is 8.97. The summed E-state index contributed by atoms with van der Waals surface area (Å²) in [5.41, 5.74) is 3.37. The summed E-state index contributed by atoms with van der Waals surface area (Å²) in [6.07, 6.45) is 1.89. The molecule has 3 heteroatoms. The maximum atomic E-state index is 10.0. The first-order valence-electron chi connectivity index (χ1n) is 7.17. The molecule has 106 valence electrons. The molecule has 1 heterocycles. The molecule has 0 aromatic heterocycles. The Labute approximate surface area is 115 Å². The number of benzene rings is 1. The van der Waals surface area contributed by atoms with Gasteiger partial charge in [-0.25, -0.2) is 0 Å². The van der Waals surface area contributed by atoms with Crippen LogP contribution in [0.15, 0.2) is 12.1 Å². The van der Waals surface area contributed by atoms with Crippen molar-refractivity contribution in [2.45, 2.75) is 46.3 Å². The molecule has 3 nitrogen and oxygen atoms in total. The summed E-state index contributed by atoms with van der Waals surface area (Å²) in [5.74, 6) is 0.838. The molecule has 19 heavy (non-hydrogen) atoms. The molecule has 1 fully saturated rings. The van der Waals surface area contributed by atoms with Gasteiger partial charge in [-0.2, -0.15) is 0 Å². The van der Waals surface area contributed by atoms with Crippen LogP contribution in [0.4, 0.5) is 0 Å². The third kappa shape index (κ3) is 3.48. The third-order valence-corrected chi connectivity index (χ3v) is 4.40. The first kappa shape index (κ1) is 14.4. The number of phenols is 1. The first-order valence-corrected chi connectivity index (χ1v) is 7.17. The van der Waals surface area contributed by atoms with Gasteiger partial charge in [-0.3, -0.25) is 4.90 Å². The third-order valence-electron chi connectivity index (χ3n) is 4.40. The van der Waals surface area contributed by atoms with Gasteiger partial charge in [0.15, 0.2) is 0 Å². The molecule has 1 atom stereocenters. The molecule has 0 unspecified atom stereocenters. The van der Waals surface area contributed by atoms with Crippen LogP contribution >= 0.6 is 0 Å². The molecule has 0 aliphatic carbocycles. The lowest BCUT2D eigenvalue weighted by atomic mass is 9.92. The molecule has 0 saturated carbocycles. The lowest BCUT2D eigenvalue weighted by Crippen LogP contribution is -2.36. The van der Waals surface area contributed by atoms with E-state index in [0.717, 1.165) is 43.6 Å². The van der Waals surface area contributed by atoms with Crippen molar-refractivity contribution >= 4 is 0 Å². The Bertz CT molecular complexity index is 435. The monoisotopic (exact) mass is 263 g/mol. The second-order valence-corrected chi connectivity index (χ2v) is 5.92. The number of aryl methyl sites for hydroxylation is 2. The lowest BCUT2D eigenvalue weighted by molar-refractivity contribution is 0.0693. The number of piperidine rings is 1. The minimum Gasteiger partial charge on any atom is -0.508 e. The van der Waals surface area contributed by atoms with Gasteiger partial charge in [0.1, 0.15) is 5.75 Å². The Hall–Kier alpha value is -1.06. The van der Waals surface area contributed by atoms with Crippen molar-refractivity contribution in [3.8, 4) is 5.75 Å². The summed E-state index contributed by atoms with van der Waals surface area (Å²) in [7, 11) is 0. The largest absolute Gasteiger partial charge is 0.508 e. The highest BCUT2D eigenvalue weighted by Crippen LogP contribution is 2.26. The van der Waals surface area contributed by atoms with E-state index in [-0.39, 0.29) is 6.10 Å². The van der Waals surface area contributed by atoms with E-state index in [2.05, 4.69) is 17.9 Å². The molecule has 2 N–H and O–H groups in total. The Balaban J connectivity index is 1.98. The molecule has 1 saturated heterocycles. The van der Waals surface area contributed by atoms with Crippen LogP contribution in [0.1, 0.15) is 36.5 Å². The van der Waals surface area contributed by atoms with Gasteiger partial charge in [0.05, 0.1) is 6.10 Å². The maximum absolute atomic E-state index is 10.0. The second kappa shape index (κ2) is 5.93. The summed E-state index contributed by atoms with van der Waals surface area (Å²) >= 11 is 0. The average molecular weight is 263 g/mol. The number of hydrogen-bond donors (Lipinski definition) is 2. The minimum absolute atomic E-state index is 0.197. The highest BCUT2D eigenvalue weighted by molar-refractivity contribution is 5.40. The van der Waals surface area contributed by atoms with Crippen LogP contribution in [0.2, 0.25) is 0 Å². The fourth-order valence-electron chi connectivity index (χ4n) is 2.82. The molecule has 0 spiro atoms. The molecule has 1 aromatic carbocycles. The van der Waals surface area contributed by atoms with Crippen molar-refractivity contribution in [3.05, 3.63) is 28.8 Å². The van der Waals surface area contributed by atoms with Gasteiger partial charge < -0.3 is 10.2 Å². The van der Waals surface area contributed by atoms with Gasteiger partial charge in [0.2, 0.25) is 0 Å². The van der Waals surface area contributed by atoms with Crippen LogP contribution in [0, 0.1) is 19.8 Å². The van der Waals surface area contributed by atoms with Gasteiger partial charge in [0, 0.05) is 12.1 Å². The Morgan fingerprint density at radius 2 is 1.79 bits per heavy atom. The van der Waals surface area contributed by atoms with E-state index in [4.69, 9.17) is 0 Å². The molecule has 1 aliphatic rings. The van der Waals surface area contributed by atoms with E-state index >= 15 is 0 Å². The van der Waals surface area contributed by atoms with E-state index in [1.54, 1.807) is 0 Å². The van der Waals surface area contributed by atoms with Crippen molar-refractivity contribution in [2.75, 3.05) is 13.1 Å². The molecule has 0 radical (unpaired) electrons. The van der Waals surface area contributed by atoms with Gasteiger partial charge in [-0.1, -0.05) is 6.07 Å². The molecular formula is C16H25NO2. The SMILES string of the molecule is Cc1cc(O)c(CN2CCC([C@H](C)O)CC2)cc1C. The normalized spacial score (nSPS) is 19.6. The van der Waals surface area contributed by atoms with Gasteiger partial charge in [0.25, 0.3) is 0 Å². The van der Waals surface area contributed by atoms with Gasteiger partial charge in [-0.15, -0.1) is 0 Å². The average Bonchev–Trinajstić information content (AvgIpc) is 2.36. The molecule has 0 bridgehead atoms. The van der Waals surface area contributed by atoms with E-state index in [0.29, 0.717) is 11.7 Å². The van der Waals surface area contributed by atoms with Crippen molar-refractivity contribution in [2.24, 2.45) is 5.92 Å². The minimum atomic E-state index is -0.197. The zero-order valence-corrected chi connectivity index (χ0v) is 12.2. The van der Waals surface area contributed by atoms with Crippen molar-refractivity contribution in [3.63, 3.8) is 0 Å². The van der Waals surface area contributed by atoms with Crippen LogP contribution < -0.4 is 0 Å². The van der Waals surface area contributed by atoms with Crippen LogP contribution in [0.25, 0.3) is 0 Å². The van der Waals surface area contributed by atoms with Crippen LogP contribution in [0.3, 0.4) is 0 Å². The highest BCUT2D eigenvalue weighted by atomic mass is 16.3. The van der Waals surface area contributed by atoms with Crippen molar-refractivity contribution in [1.29, 1.82) is 0 Å². The van der Waals surface area contributed by atoms with Gasteiger partial charge >= 0.3 is 0 Å².